The Kier molecular flexibility index (Phi) is 3.24. The highest BCUT2D eigenvalue weighted by Gasteiger charge is 2.55. The second-order valence-electron chi connectivity index (χ2n) is 3.23. The SMILES string of the molecule is C=CCOC(=O)C1(CC)COC(=O)C1=O. The van der Waals surface area contributed by atoms with Crippen LogP contribution in [0.25, 0.3) is 0 Å². The Bertz CT molecular complexity index is 320. The van der Waals surface area contributed by atoms with Gasteiger partial charge in [-0.25, -0.2) is 4.79 Å². The van der Waals surface area contributed by atoms with Crippen LogP contribution in [0.4, 0.5) is 0 Å². The van der Waals surface area contributed by atoms with Crippen LogP contribution >= 0.6 is 0 Å². The highest BCUT2D eigenvalue weighted by atomic mass is 16.6. The van der Waals surface area contributed by atoms with E-state index in [1.165, 1.54) is 6.08 Å². The number of hydrogen-bond acceptors (Lipinski definition) is 5. The summed E-state index contributed by atoms with van der Waals surface area (Å²) in [6.45, 7) is 4.81. The van der Waals surface area contributed by atoms with E-state index >= 15 is 0 Å². The third-order valence-electron chi connectivity index (χ3n) is 2.40. The number of carbonyl (C=O) groups is 3. The van der Waals surface area contributed by atoms with E-state index in [0.717, 1.165) is 0 Å². The Morgan fingerprint density at radius 1 is 1.67 bits per heavy atom. The van der Waals surface area contributed by atoms with Gasteiger partial charge in [-0.3, -0.25) is 9.59 Å². The zero-order valence-electron chi connectivity index (χ0n) is 8.45. The average Bonchev–Trinajstić information content (AvgIpc) is 2.54. The minimum Gasteiger partial charge on any atom is -0.461 e. The third-order valence-corrected chi connectivity index (χ3v) is 2.40. The van der Waals surface area contributed by atoms with Gasteiger partial charge in [-0.1, -0.05) is 19.6 Å². The van der Waals surface area contributed by atoms with Crippen molar-refractivity contribution in [2.75, 3.05) is 13.2 Å². The van der Waals surface area contributed by atoms with Gasteiger partial charge in [0.15, 0.2) is 5.41 Å². The lowest BCUT2D eigenvalue weighted by Gasteiger charge is -2.19. The van der Waals surface area contributed by atoms with E-state index in [1.54, 1.807) is 6.92 Å². The van der Waals surface area contributed by atoms with Crippen molar-refractivity contribution in [2.45, 2.75) is 13.3 Å². The Morgan fingerprint density at radius 2 is 2.33 bits per heavy atom. The molecule has 5 nitrogen and oxygen atoms in total. The molecule has 1 fully saturated rings. The minimum absolute atomic E-state index is 0.0159. The maximum atomic E-state index is 11.6. The van der Waals surface area contributed by atoms with Crippen molar-refractivity contribution in [3.63, 3.8) is 0 Å². The first kappa shape index (κ1) is 11.4. The van der Waals surface area contributed by atoms with E-state index in [1.807, 2.05) is 0 Å². The van der Waals surface area contributed by atoms with Crippen molar-refractivity contribution in [1.82, 2.24) is 0 Å². The Morgan fingerprint density at radius 3 is 2.73 bits per heavy atom. The fourth-order valence-electron chi connectivity index (χ4n) is 1.35. The fourth-order valence-corrected chi connectivity index (χ4v) is 1.35. The largest absolute Gasteiger partial charge is 0.461 e. The number of ketones is 1. The Hall–Kier alpha value is -1.65. The summed E-state index contributed by atoms with van der Waals surface area (Å²) in [4.78, 5) is 34.0. The van der Waals surface area contributed by atoms with E-state index in [-0.39, 0.29) is 19.6 Å². The molecule has 0 aromatic rings. The van der Waals surface area contributed by atoms with Crippen molar-refractivity contribution < 1.29 is 23.9 Å². The average molecular weight is 212 g/mol. The third kappa shape index (κ3) is 1.77. The van der Waals surface area contributed by atoms with Crippen LogP contribution in [0.5, 0.6) is 0 Å². The molecule has 0 radical (unpaired) electrons. The topological polar surface area (TPSA) is 69.7 Å². The summed E-state index contributed by atoms with van der Waals surface area (Å²) in [5, 5.41) is 0. The van der Waals surface area contributed by atoms with E-state index in [4.69, 9.17) is 4.74 Å². The highest BCUT2D eigenvalue weighted by molar-refractivity contribution is 6.41. The van der Waals surface area contributed by atoms with Crippen LogP contribution < -0.4 is 0 Å². The quantitative estimate of drug-likeness (QED) is 0.289. The lowest BCUT2D eigenvalue weighted by atomic mass is 9.83. The van der Waals surface area contributed by atoms with Crippen LogP contribution in [0.3, 0.4) is 0 Å². The molecule has 0 bridgehead atoms. The van der Waals surface area contributed by atoms with Gasteiger partial charge in [-0.15, -0.1) is 0 Å². The molecule has 1 unspecified atom stereocenters. The van der Waals surface area contributed by atoms with Gasteiger partial charge in [-0.2, -0.15) is 0 Å². The van der Waals surface area contributed by atoms with Crippen molar-refractivity contribution in [1.29, 1.82) is 0 Å². The molecule has 0 spiro atoms. The lowest BCUT2D eigenvalue weighted by Crippen LogP contribution is -2.40. The number of ether oxygens (including phenoxy) is 2. The van der Waals surface area contributed by atoms with Gasteiger partial charge >= 0.3 is 11.9 Å². The first-order chi connectivity index (χ1) is 7.08. The maximum absolute atomic E-state index is 11.6. The van der Waals surface area contributed by atoms with Gasteiger partial charge in [0, 0.05) is 0 Å². The maximum Gasteiger partial charge on any atom is 0.376 e. The molecule has 1 rings (SSSR count). The normalized spacial score (nSPS) is 24.9. The molecule has 1 saturated heterocycles. The second kappa shape index (κ2) is 4.25. The Labute approximate surface area is 87.0 Å². The molecule has 1 atom stereocenters. The summed E-state index contributed by atoms with van der Waals surface area (Å²) < 4.78 is 9.34. The first-order valence-corrected chi connectivity index (χ1v) is 4.58. The lowest BCUT2D eigenvalue weighted by molar-refractivity contribution is -0.158. The van der Waals surface area contributed by atoms with Gasteiger partial charge in [0.25, 0.3) is 5.78 Å². The molecule has 5 heteroatoms. The molecule has 0 aliphatic carbocycles. The van der Waals surface area contributed by atoms with Crippen molar-refractivity contribution in [2.24, 2.45) is 5.41 Å². The van der Waals surface area contributed by atoms with Gasteiger partial charge in [0.05, 0.1) is 0 Å². The number of carbonyl (C=O) groups excluding carboxylic acids is 3. The Balaban J connectivity index is 2.86. The van der Waals surface area contributed by atoms with Gasteiger partial charge in [-0.05, 0) is 6.42 Å². The molecule has 0 aromatic carbocycles. The number of rotatable bonds is 4. The monoisotopic (exact) mass is 212 g/mol. The molecule has 0 saturated carbocycles. The number of hydrogen-bond donors (Lipinski definition) is 0. The van der Waals surface area contributed by atoms with Gasteiger partial charge in [0.1, 0.15) is 13.2 Å². The van der Waals surface area contributed by atoms with Gasteiger partial charge in [0.2, 0.25) is 0 Å². The van der Waals surface area contributed by atoms with Gasteiger partial charge < -0.3 is 9.47 Å². The standard InChI is InChI=1S/C10H12O5/c1-3-5-14-9(13)10(4-2)6-15-8(12)7(10)11/h3H,1,4-6H2,2H3. The molecule has 1 aliphatic heterocycles. The molecule has 82 valence electrons. The van der Waals surface area contributed by atoms with Crippen LogP contribution in [-0.2, 0) is 23.9 Å². The fraction of sp³-hybridized carbons (Fsp3) is 0.500. The van der Waals surface area contributed by atoms with Crippen LogP contribution in [0.15, 0.2) is 12.7 Å². The summed E-state index contributed by atoms with van der Waals surface area (Å²) in [6.07, 6.45) is 1.58. The molecule has 0 amide bonds. The highest BCUT2D eigenvalue weighted by Crippen LogP contribution is 2.31. The minimum atomic E-state index is -1.44. The second-order valence-corrected chi connectivity index (χ2v) is 3.23. The van der Waals surface area contributed by atoms with Crippen LogP contribution in [0.2, 0.25) is 0 Å². The van der Waals surface area contributed by atoms with E-state index in [2.05, 4.69) is 11.3 Å². The number of cyclic esters (lactones) is 1. The molecule has 1 aliphatic rings. The smallest absolute Gasteiger partial charge is 0.376 e. The summed E-state index contributed by atoms with van der Waals surface area (Å²) in [7, 11) is 0. The zero-order chi connectivity index (χ0) is 11.5. The van der Waals surface area contributed by atoms with E-state index < -0.39 is 23.1 Å². The van der Waals surface area contributed by atoms with Crippen molar-refractivity contribution in [3.05, 3.63) is 12.7 Å². The summed E-state index contributed by atoms with van der Waals surface area (Å²) >= 11 is 0. The molecule has 0 N–H and O–H groups in total. The summed E-state index contributed by atoms with van der Waals surface area (Å²) in [6, 6.07) is 0. The molecule has 15 heavy (non-hydrogen) atoms. The van der Waals surface area contributed by atoms with Crippen molar-refractivity contribution >= 4 is 17.7 Å². The summed E-state index contributed by atoms with van der Waals surface area (Å²) in [5.41, 5.74) is -1.44. The van der Waals surface area contributed by atoms with Crippen LogP contribution in [0, 0.1) is 5.41 Å². The number of esters is 2. The zero-order valence-corrected chi connectivity index (χ0v) is 8.45. The summed E-state index contributed by atoms with van der Waals surface area (Å²) in [5.74, 6) is -2.51. The van der Waals surface area contributed by atoms with E-state index in [0.29, 0.717) is 0 Å². The van der Waals surface area contributed by atoms with Crippen LogP contribution in [0.1, 0.15) is 13.3 Å². The molecule has 0 aromatic heterocycles. The first-order valence-electron chi connectivity index (χ1n) is 4.58. The predicted molar refractivity (Wildman–Crippen MR) is 49.8 cm³/mol. The number of Topliss-reactive ketones (excluding diaryl/α,β-unsaturated/α-hetero) is 1. The predicted octanol–water partition coefficient (Wildman–Crippen LogP) is 0.238. The van der Waals surface area contributed by atoms with Crippen LogP contribution in [-0.4, -0.2) is 30.9 Å². The molecular weight excluding hydrogens is 200 g/mol. The van der Waals surface area contributed by atoms with Crippen molar-refractivity contribution in [3.8, 4) is 0 Å². The molecular formula is C10H12O5. The van der Waals surface area contributed by atoms with E-state index in [9.17, 15) is 14.4 Å². The molecule has 1 heterocycles.